The van der Waals surface area contributed by atoms with Crippen LogP contribution in [0.15, 0.2) is 54.7 Å². The Labute approximate surface area is 211 Å². The van der Waals surface area contributed by atoms with E-state index in [1.807, 2.05) is 48.5 Å². The number of urea groups is 1. The Bertz CT molecular complexity index is 1100. The van der Waals surface area contributed by atoms with Crippen LogP contribution in [0.1, 0.15) is 52.7 Å². The molecule has 1 heterocycles. The van der Waals surface area contributed by atoms with Crippen LogP contribution in [0, 0.1) is 6.92 Å². The number of halogens is 3. The first-order valence-electron chi connectivity index (χ1n) is 11.8. The molecule has 3 aromatic rings. The number of hydrogen-bond donors (Lipinski definition) is 4. The lowest BCUT2D eigenvalue weighted by atomic mass is 10.2. The van der Waals surface area contributed by atoms with E-state index in [4.69, 9.17) is 0 Å². The Hall–Kier alpha value is -3.82. The highest BCUT2D eigenvalue weighted by Crippen LogP contribution is 2.30. The van der Waals surface area contributed by atoms with Crippen molar-refractivity contribution in [3.63, 3.8) is 0 Å². The summed E-state index contributed by atoms with van der Waals surface area (Å²) in [7, 11) is 0. The summed E-state index contributed by atoms with van der Waals surface area (Å²) in [5.74, 6) is 1.09. The second-order valence-electron chi connectivity index (χ2n) is 7.39. The van der Waals surface area contributed by atoms with E-state index < -0.39 is 17.8 Å². The first-order chi connectivity index (χ1) is 17.1. The van der Waals surface area contributed by atoms with Crippen LogP contribution in [0.3, 0.4) is 0 Å². The Morgan fingerprint density at radius 1 is 0.889 bits per heavy atom. The molecule has 0 spiro atoms. The second-order valence-corrected chi connectivity index (χ2v) is 7.39. The molecule has 1 aromatic heterocycles. The lowest BCUT2D eigenvalue weighted by Crippen LogP contribution is -2.19. The molecule has 0 aliphatic heterocycles. The predicted octanol–water partition coefficient (Wildman–Crippen LogP) is 8.06. The van der Waals surface area contributed by atoms with Gasteiger partial charge >= 0.3 is 12.2 Å². The summed E-state index contributed by atoms with van der Waals surface area (Å²) in [6, 6.07) is 10.8. The van der Waals surface area contributed by atoms with E-state index in [-0.39, 0.29) is 11.7 Å². The fourth-order valence-electron chi connectivity index (χ4n) is 2.77. The Balaban J connectivity index is 0.00000154. The van der Waals surface area contributed by atoms with Crippen molar-refractivity contribution in [1.29, 1.82) is 0 Å². The molecule has 0 atom stereocenters. The van der Waals surface area contributed by atoms with Gasteiger partial charge in [-0.05, 0) is 57.2 Å². The summed E-state index contributed by atoms with van der Waals surface area (Å²) < 4.78 is 38.5. The van der Waals surface area contributed by atoms with Crippen LogP contribution >= 0.6 is 0 Å². The predicted molar refractivity (Wildman–Crippen MR) is 142 cm³/mol. The number of amides is 2. The number of nitrogens with zero attached hydrogens (tertiary/aromatic N) is 2. The molecule has 0 fully saturated rings. The number of carbonyl (C=O) groups excluding carboxylic acids is 1. The quantitative estimate of drug-likeness (QED) is 0.272. The molecule has 36 heavy (non-hydrogen) atoms. The summed E-state index contributed by atoms with van der Waals surface area (Å²) in [5, 5.41) is 11.3. The lowest BCUT2D eigenvalue weighted by Gasteiger charge is -2.14. The van der Waals surface area contributed by atoms with Gasteiger partial charge in [-0.2, -0.15) is 18.2 Å². The fourth-order valence-corrected chi connectivity index (χ4v) is 2.77. The van der Waals surface area contributed by atoms with E-state index in [1.165, 1.54) is 12.1 Å². The number of anilines is 5. The molecule has 10 heteroatoms. The normalized spacial score (nSPS) is 10.3. The van der Waals surface area contributed by atoms with Gasteiger partial charge in [-0.15, -0.1) is 0 Å². The summed E-state index contributed by atoms with van der Waals surface area (Å²) in [5.41, 5.74) is 1.15. The number of aryl methyl sites for hydroxylation is 1. The average molecular weight is 505 g/mol. The number of rotatable bonds is 6. The van der Waals surface area contributed by atoms with Gasteiger partial charge in [-0.3, -0.25) is 0 Å². The van der Waals surface area contributed by atoms with E-state index in [9.17, 15) is 18.0 Å². The maximum Gasteiger partial charge on any atom is 0.416 e. The molecular formula is C26H35F3N6O. The van der Waals surface area contributed by atoms with Crippen LogP contribution in [0.2, 0.25) is 0 Å². The monoisotopic (exact) mass is 504 g/mol. The van der Waals surface area contributed by atoms with Crippen LogP contribution in [0.4, 0.5) is 46.8 Å². The third-order valence-corrected chi connectivity index (χ3v) is 4.22. The van der Waals surface area contributed by atoms with Gasteiger partial charge in [-0.1, -0.05) is 39.8 Å². The number of hydrogen-bond acceptors (Lipinski definition) is 5. The number of nitrogens with one attached hydrogen (secondary N) is 4. The number of benzene rings is 2. The van der Waals surface area contributed by atoms with Gasteiger partial charge < -0.3 is 21.3 Å². The molecular weight excluding hydrogens is 469 g/mol. The van der Waals surface area contributed by atoms with Crippen molar-refractivity contribution in [3.8, 4) is 0 Å². The topological polar surface area (TPSA) is 91.0 Å². The molecule has 0 bridgehead atoms. The van der Waals surface area contributed by atoms with E-state index in [0.29, 0.717) is 23.1 Å². The summed E-state index contributed by atoms with van der Waals surface area (Å²) >= 11 is 0. The molecule has 2 aromatic carbocycles. The minimum atomic E-state index is -4.49. The molecule has 0 aliphatic carbocycles. The number of alkyl halides is 3. The zero-order valence-electron chi connectivity index (χ0n) is 21.7. The fraction of sp³-hybridized carbons (Fsp3) is 0.346. The standard InChI is InChI=1S/C22H23F3N6O.2C2H6/c1-13(2)27-20-26-12-14(3)19(31-20)28-17-8-5-9-18(11-17)30-21(32)29-16-7-4-6-15(10-16)22(23,24)25;2*1-2/h4-13H,1-3H3,(H2,29,30,32)(H2,26,27,28,31);2*1-2H3. The molecule has 0 radical (unpaired) electrons. The molecule has 0 aliphatic rings. The van der Waals surface area contributed by atoms with E-state index >= 15 is 0 Å². The molecule has 0 saturated heterocycles. The SMILES string of the molecule is CC.CC.Cc1cnc(NC(C)C)nc1Nc1cccc(NC(=O)Nc2cccc(C(F)(F)F)c2)c1. The zero-order chi connectivity index (χ0) is 27.3. The van der Waals surface area contributed by atoms with Gasteiger partial charge in [-0.25, -0.2) is 9.78 Å². The molecule has 3 rings (SSSR count). The van der Waals surface area contributed by atoms with Gasteiger partial charge in [0.05, 0.1) is 5.56 Å². The number of aromatic nitrogens is 2. The van der Waals surface area contributed by atoms with Crippen LogP contribution in [0.25, 0.3) is 0 Å². The summed E-state index contributed by atoms with van der Waals surface area (Å²) in [4.78, 5) is 21.0. The van der Waals surface area contributed by atoms with E-state index in [0.717, 1.165) is 17.7 Å². The molecule has 7 nitrogen and oxygen atoms in total. The second kappa shape index (κ2) is 14.6. The molecule has 4 N–H and O–H groups in total. The minimum Gasteiger partial charge on any atom is -0.352 e. The first kappa shape index (κ1) is 30.2. The largest absolute Gasteiger partial charge is 0.416 e. The van der Waals surface area contributed by atoms with Crippen molar-refractivity contribution < 1.29 is 18.0 Å². The zero-order valence-corrected chi connectivity index (χ0v) is 21.7. The third-order valence-electron chi connectivity index (χ3n) is 4.22. The number of carbonyl (C=O) groups is 1. The van der Waals surface area contributed by atoms with Crippen molar-refractivity contribution in [2.75, 3.05) is 21.3 Å². The van der Waals surface area contributed by atoms with Gasteiger partial charge in [0.25, 0.3) is 0 Å². The minimum absolute atomic E-state index is 0.0356. The van der Waals surface area contributed by atoms with Crippen LogP contribution in [-0.2, 0) is 6.18 Å². The molecule has 196 valence electrons. The lowest BCUT2D eigenvalue weighted by molar-refractivity contribution is -0.137. The van der Waals surface area contributed by atoms with Crippen LogP contribution < -0.4 is 21.3 Å². The highest BCUT2D eigenvalue weighted by Gasteiger charge is 2.30. The van der Waals surface area contributed by atoms with Crippen LogP contribution in [-0.4, -0.2) is 22.0 Å². The summed E-state index contributed by atoms with van der Waals surface area (Å²) in [6.45, 7) is 13.8. The van der Waals surface area contributed by atoms with E-state index in [2.05, 4.69) is 31.2 Å². The maximum atomic E-state index is 12.8. The van der Waals surface area contributed by atoms with Gasteiger partial charge in [0.15, 0.2) is 0 Å². The third kappa shape index (κ3) is 9.81. The average Bonchev–Trinajstić information content (AvgIpc) is 2.83. The molecule has 0 unspecified atom stereocenters. The van der Waals surface area contributed by atoms with Gasteiger partial charge in [0.2, 0.25) is 5.95 Å². The Kier molecular flexibility index (Phi) is 12.2. The first-order valence-corrected chi connectivity index (χ1v) is 11.8. The van der Waals surface area contributed by atoms with Crippen molar-refractivity contribution in [3.05, 3.63) is 65.9 Å². The van der Waals surface area contributed by atoms with Crippen molar-refractivity contribution in [2.24, 2.45) is 0 Å². The van der Waals surface area contributed by atoms with Crippen molar-refractivity contribution in [1.82, 2.24) is 9.97 Å². The van der Waals surface area contributed by atoms with Crippen molar-refractivity contribution in [2.45, 2.75) is 60.7 Å². The summed E-state index contributed by atoms with van der Waals surface area (Å²) in [6.07, 6.45) is -2.79. The Morgan fingerprint density at radius 2 is 1.44 bits per heavy atom. The van der Waals surface area contributed by atoms with Gasteiger partial charge in [0.1, 0.15) is 5.82 Å². The molecule has 0 saturated carbocycles. The van der Waals surface area contributed by atoms with Gasteiger partial charge in [0, 0.05) is 34.9 Å². The van der Waals surface area contributed by atoms with Crippen LogP contribution in [0.5, 0.6) is 0 Å². The Morgan fingerprint density at radius 3 is 2.03 bits per heavy atom. The highest BCUT2D eigenvalue weighted by molar-refractivity contribution is 6.00. The van der Waals surface area contributed by atoms with E-state index in [1.54, 1.807) is 30.5 Å². The van der Waals surface area contributed by atoms with Crippen molar-refractivity contribution >= 4 is 34.9 Å². The maximum absolute atomic E-state index is 12.8. The smallest absolute Gasteiger partial charge is 0.352 e. The highest BCUT2D eigenvalue weighted by atomic mass is 19.4. The molecule has 2 amide bonds.